The maximum absolute atomic E-state index is 12.7. The topological polar surface area (TPSA) is 71.9 Å². The van der Waals surface area contributed by atoms with Gasteiger partial charge in [-0.1, -0.05) is 0 Å². The average Bonchev–Trinajstić information content (AvgIpc) is 2.10. The van der Waals surface area contributed by atoms with Crippen molar-refractivity contribution in [2.75, 3.05) is 0 Å². The Morgan fingerprint density at radius 1 is 1.62 bits per heavy atom. The molecule has 6 heteroatoms. The number of aromatic nitrogens is 2. The Balaban J connectivity index is 3.40. The zero-order valence-electron chi connectivity index (χ0n) is 6.78. The van der Waals surface area contributed by atoms with Crippen LogP contribution in [0.15, 0.2) is 15.8 Å². The van der Waals surface area contributed by atoms with E-state index in [1.807, 2.05) is 4.98 Å². The molecule has 0 radical (unpaired) electrons. The van der Waals surface area contributed by atoms with E-state index in [1.54, 1.807) is 0 Å². The van der Waals surface area contributed by atoms with E-state index in [0.29, 0.717) is 4.57 Å². The largest absolute Gasteiger partial charge is 0.331 e. The first kappa shape index (κ1) is 9.37. The van der Waals surface area contributed by atoms with Crippen LogP contribution in [0.5, 0.6) is 0 Å². The molecule has 1 heterocycles. The van der Waals surface area contributed by atoms with E-state index in [-0.39, 0.29) is 11.8 Å². The van der Waals surface area contributed by atoms with Gasteiger partial charge in [0.05, 0.1) is 0 Å². The predicted molar refractivity (Wildman–Crippen MR) is 42.3 cm³/mol. The molecule has 0 saturated carbocycles. The lowest BCUT2D eigenvalue weighted by Gasteiger charge is -2.04. The van der Waals surface area contributed by atoms with Crippen molar-refractivity contribution in [3.63, 3.8) is 0 Å². The zero-order chi connectivity index (χ0) is 10.0. The highest BCUT2D eigenvalue weighted by molar-refractivity contribution is 5.53. The summed E-state index contributed by atoms with van der Waals surface area (Å²) in [6.07, 6.45) is -1.08. The van der Waals surface area contributed by atoms with E-state index in [2.05, 4.69) is 0 Å². The van der Waals surface area contributed by atoms with Crippen LogP contribution in [-0.2, 0) is 4.79 Å². The molecule has 1 atom stereocenters. The van der Waals surface area contributed by atoms with Crippen LogP contribution in [-0.4, -0.2) is 15.8 Å². The third kappa shape index (κ3) is 1.71. The van der Waals surface area contributed by atoms with Crippen molar-refractivity contribution >= 4 is 6.29 Å². The zero-order valence-corrected chi connectivity index (χ0v) is 6.78. The lowest BCUT2D eigenvalue weighted by molar-refractivity contribution is -0.114. The van der Waals surface area contributed by atoms with Gasteiger partial charge in [-0.2, -0.15) is 0 Å². The number of nitrogens with one attached hydrogen (secondary N) is 1. The van der Waals surface area contributed by atoms with Crippen LogP contribution in [0.1, 0.15) is 11.9 Å². The van der Waals surface area contributed by atoms with Crippen LogP contribution < -0.4 is 11.2 Å². The second kappa shape index (κ2) is 3.34. The number of nitrogens with zero attached hydrogens (tertiary/aromatic N) is 1. The third-order valence-electron chi connectivity index (χ3n) is 1.52. The van der Waals surface area contributed by atoms with Crippen LogP contribution in [0.2, 0.25) is 0 Å². The van der Waals surface area contributed by atoms with Crippen molar-refractivity contribution in [1.29, 1.82) is 0 Å². The van der Waals surface area contributed by atoms with Crippen LogP contribution in [0, 0.1) is 6.92 Å². The molecule has 0 amide bonds. The lowest BCUT2D eigenvalue weighted by Crippen LogP contribution is -2.32. The fourth-order valence-electron chi connectivity index (χ4n) is 0.835. The average molecular weight is 186 g/mol. The van der Waals surface area contributed by atoms with Crippen molar-refractivity contribution in [1.82, 2.24) is 9.55 Å². The highest BCUT2D eigenvalue weighted by Crippen LogP contribution is 1.99. The normalized spacial score (nSPS) is 12.5. The first-order valence-electron chi connectivity index (χ1n) is 3.47. The molecule has 0 aliphatic carbocycles. The molecular formula is C7H7FN2O3. The summed E-state index contributed by atoms with van der Waals surface area (Å²) < 4.78 is 13.2. The van der Waals surface area contributed by atoms with Gasteiger partial charge in [-0.05, 0) is 6.92 Å². The molecule has 0 aromatic carbocycles. The lowest BCUT2D eigenvalue weighted by atomic mass is 10.4. The molecule has 0 spiro atoms. The van der Waals surface area contributed by atoms with E-state index in [9.17, 15) is 18.8 Å². The second-order valence-corrected chi connectivity index (χ2v) is 2.49. The minimum absolute atomic E-state index is 0.0286. The van der Waals surface area contributed by atoms with Gasteiger partial charge in [0, 0.05) is 11.8 Å². The molecule has 1 aromatic heterocycles. The van der Waals surface area contributed by atoms with Crippen molar-refractivity contribution in [3.8, 4) is 0 Å². The molecule has 0 fully saturated rings. The van der Waals surface area contributed by atoms with Crippen molar-refractivity contribution in [2.24, 2.45) is 0 Å². The summed E-state index contributed by atoms with van der Waals surface area (Å²) in [5.74, 6) is 0. The number of rotatable bonds is 2. The van der Waals surface area contributed by atoms with Gasteiger partial charge in [-0.25, -0.2) is 9.18 Å². The maximum atomic E-state index is 12.7. The summed E-state index contributed by atoms with van der Waals surface area (Å²) in [5.41, 5.74) is -1.35. The number of aldehydes is 1. The summed E-state index contributed by atoms with van der Waals surface area (Å²) in [7, 11) is 0. The van der Waals surface area contributed by atoms with E-state index in [0.717, 1.165) is 6.20 Å². The summed E-state index contributed by atoms with van der Waals surface area (Å²) >= 11 is 0. The first-order valence-corrected chi connectivity index (χ1v) is 3.47. The number of aryl methyl sites for hydroxylation is 1. The Bertz CT molecular complexity index is 434. The molecule has 0 aliphatic heterocycles. The van der Waals surface area contributed by atoms with Crippen molar-refractivity contribution in [2.45, 2.75) is 13.2 Å². The number of carbonyl (C=O) groups excluding carboxylic acids is 1. The molecule has 1 N–H and O–H groups in total. The van der Waals surface area contributed by atoms with Crippen LogP contribution in [0.25, 0.3) is 0 Å². The van der Waals surface area contributed by atoms with Crippen molar-refractivity contribution < 1.29 is 9.18 Å². The van der Waals surface area contributed by atoms with Crippen molar-refractivity contribution in [3.05, 3.63) is 32.6 Å². The third-order valence-corrected chi connectivity index (χ3v) is 1.52. The standard InChI is InChI=1S/C7H7FN2O3/c1-4-2-10(5(8)3-11)7(13)9-6(4)12/h2-3,5H,1H3,(H,9,12,13)/t5-/m0/s1. The number of alkyl halides is 1. The summed E-state index contributed by atoms with van der Waals surface area (Å²) in [6, 6.07) is 0. The van der Waals surface area contributed by atoms with Crippen LogP contribution in [0.4, 0.5) is 4.39 Å². The van der Waals surface area contributed by atoms with E-state index in [4.69, 9.17) is 0 Å². The number of hydrogen-bond acceptors (Lipinski definition) is 3. The van der Waals surface area contributed by atoms with E-state index in [1.165, 1.54) is 6.92 Å². The van der Waals surface area contributed by atoms with Gasteiger partial charge in [0.25, 0.3) is 5.56 Å². The quantitative estimate of drug-likeness (QED) is 0.633. The number of halogens is 1. The Morgan fingerprint density at radius 3 is 2.77 bits per heavy atom. The Hall–Kier alpha value is -1.72. The molecule has 0 bridgehead atoms. The van der Waals surface area contributed by atoms with Crippen LogP contribution in [0.3, 0.4) is 0 Å². The van der Waals surface area contributed by atoms with Gasteiger partial charge in [-0.3, -0.25) is 19.1 Å². The summed E-state index contributed by atoms with van der Waals surface area (Å²) in [5, 5.41) is 0. The number of H-pyrrole nitrogens is 1. The van der Waals surface area contributed by atoms with Gasteiger partial charge in [-0.15, -0.1) is 0 Å². The summed E-state index contributed by atoms with van der Waals surface area (Å²) in [4.78, 5) is 33.6. The van der Waals surface area contributed by atoms with Gasteiger partial charge in [0.2, 0.25) is 6.30 Å². The fraction of sp³-hybridized carbons (Fsp3) is 0.286. The molecule has 0 unspecified atom stereocenters. The van der Waals surface area contributed by atoms with Crippen LogP contribution >= 0.6 is 0 Å². The van der Waals surface area contributed by atoms with Gasteiger partial charge in [0.1, 0.15) is 0 Å². The van der Waals surface area contributed by atoms with E-state index >= 15 is 0 Å². The Labute approximate surface area is 71.8 Å². The van der Waals surface area contributed by atoms with Gasteiger partial charge >= 0.3 is 5.69 Å². The smallest absolute Gasteiger partial charge is 0.298 e. The molecular weight excluding hydrogens is 179 g/mol. The number of hydrogen-bond donors (Lipinski definition) is 1. The monoisotopic (exact) mass is 186 g/mol. The van der Waals surface area contributed by atoms with Gasteiger partial charge in [0.15, 0.2) is 6.29 Å². The molecule has 5 nitrogen and oxygen atoms in total. The molecule has 0 aliphatic rings. The maximum Gasteiger partial charge on any atom is 0.331 e. The first-order chi connectivity index (χ1) is 6.06. The Morgan fingerprint density at radius 2 is 2.23 bits per heavy atom. The Kier molecular flexibility index (Phi) is 2.41. The highest BCUT2D eigenvalue weighted by Gasteiger charge is 2.09. The molecule has 0 saturated heterocycles. The number of carbonyl (C=O) groups is 1. The molecule has 1 rings (SSSR count). The summed E-state index contributed by atoms with van der Waals surface area (Å²) in [6.45, 7) is 1.41. The molecule has 13 heavy (non-hydrogen) atoms. The SMILES string of the molecule is Cc1cn([C@H](F)C=O)c(=O)[nH]c1=O. The molecule has 1 aromatic rings. The second-order valence-electron chi connectivity index (χ2n) is 2.49. The van der Waals surface area contributed by atoms with Gasteiger partial charge < -0.3 is 0 Å². The molecule has 70 valence electrons. The minimum Gasteiger partial charge on any atom is -0.298 e. The van der Waals surface area contributed by atoms with E-state index < -0.39 is 17.5 Å². The predicted octanol–water partition coefficient (Wildman–Crippen LogP) is -0.488. The highest BCUT2D eigenvalue weighted by atomic mass is 19.1. The fourth-order valence-corrected chi connectivity index (χ4v) is 0.835. The number of aromatic amines is 1. The minimum atomic E-state index is -2.05.